The molecule has 0 unspecified atom stereocenters. The topological polar surface area (TPSA) is 84.1 Å². The predicted octanol–water partition coefficient (Wildman–Crippen LogP) is 3.42. The van der Waals surface area contributed by atoms with Gasteiger partial charge in [0.25, 0.3) is 0 Å². The number of ether oxygens (including phenoxy) is 1. The number of aromatic hydroxyl groups is 1. The molecule has 1 saturated heterocycles. The van der Waals surface area contributed by atoms with E-state index in [0.29, 0.717) is 40.6 Å². The van der Waals surface area contributed by atoms with Crippen LogP contribution in [-0.4, -0.2) is 64.8 Å². The summed E-state index contributed by atoms with van der Waals surface area (Å²) in [6.45, 7) is 4.00. The maximum atomic E-state index is 13.1. The van der Waals surface area contributed by atoms with E-state index in [2.05, 4.69) is 9.89 Å². The Kier molecular flexibility index (Phi) is 5.13. The summed E-state index contributed by atoms with van der Waals surface area (Å²) in [5.74, 6) is -0.664. The summed E-state index contributed by atoms with van der Waals surface area (Å²) in [6.07, 6.45) is 0.981. The highest BCUT2D eigenvalue weighted by atomic mass is 16.5. The normalized spacial score (nSPS) is 16.5. The van der Waals surface area contributed by atoms with Gasteiger partial charge in [-0.05, 0) is 31.2 Å². The molecule has 0 bridgehead atoms. The molecule has 2 aliphatic rings. The van der Waals surface area contributed by atoms with Crippen molar-refractivity contribution < 1.29 is 19.4 Å². The smallest absolute Gasteiger partial charge is 0.233 e. The molecule has 0 aliphatic carbocycles. The number of ketones is 1. The van der Waals surface area contributed by atoms with E-state index in [1.807, 2.05) is 18.2 Å². The Morgan fingerprint density at radius 3 is 2.61 bits per heavy atom. The summed E-state index contributed by atoms with van der Waals surface area (Å²) in [5.41, 5.74) is 2.16. The van der Waals surface area contributed by atoms with Gasteiger partial charge in [0.15, 0.2) is 0 Å². The molecule has 7 nitrogen and oxygen atoms in total. The van der Waals surface area contributed by atoms with Gasteiger partial charge in [0, 0.05) is 30.5 Å². The summed E-state index contributed by atoms with van der Waals surface area (Å²) in [7, 11) is 0. The number of fused-ring (bicyclic) bond motifs is 2. The number of benzene rings is 2. The largest absolute Gasteiger partial charge is 0.494 e. The molecule has 0 radical (unpaired) electrons. The quantitative estimate of drug-likeness (QED) is 0.688. The van der Waals surface area contributed by atoms with E-state index in [9.17, 15) is 14.7 Å². The van der Waals surface area contributed by atoms with Gasteiger partial charge in [0.1, 0.15) is 5.71 Å². The SMILES string of the molecule is O=C1C(c2c(O)n(C(=O)CCCN3CCOCC3)c3ccccc23)=Nc2ccccc21. The fourth-order valence-corrected chi connectivity index (χ4v) is 4.33. The number of carbonyl (C=O) groups is 2. The summed E-state index contributed by atoms with van der Waals surface area (Å²) < 4.78 is 6.68. The Morgan fingerprint density at radius 2 is 1.81 bits per heavy atom. The van der Waals surface area contributed by atoms with Crippen LogP contribution in [0.1, 0.15) is 33.6 Å². The van der Waals surface area contributed by atoms with Crippen LogP contribution in [-0.2, 0) is 4.74 Å². The van der Waals surface area contributed by atoms with Gasteiger partial charge >= 0.3 is 0 Å². The number of aliphatic imine (C=N–C) groups is 1. The first-order chi connectivity index (χ1) is 15.1. The first-order valence-corrected chi connectivity index (χ1v) is 10.5. The predicted molar refractivity (Wildman–Crippen MR) is 118 cm³/mol. The Hall–Kier alpha value is -3.29. The highest BCUT2D eigenvalue weighted by Gasteiger charge is 2.32. The Balaban J connectivity index is 1.46. The zero-order valence-electron chi connectivity index (χ0n) is 17.1. The summed E-state index contributed by atoms with van der Waals surface area (Å²) in [6, 6.07) is 14.3. The molecule has 2 aliphatic heterocycles. The maximum absolute atomic E-state index is 13.1. The van der Waals surface area contributed by atoms with Crippen molar-refractivity contribution in [2.45, 2.75) is 12.8 Å². The summed E-state index contributed by atoms with van der Waals surface area (Å²) >= 11 is 0. The average Bonchev–Trinajstić information content (AvgIpc) is 3.27. The Morgan fingerprint density at radius 1 is 1.06 bits per heavy atom. The molecular formula is C24H23N3O4. The molecule has 1 fully saturated rings. The lowest BCUT2D eigenvalue weighted by molar-refractivity contribution is 0.0370. The van der Waals surface area contributed by atoms with Crippen molar-refractivity contribution in [1.82, 2.24) is 9.47 Å². The standard InChI is InChI=1S/C24H23N3O4/c28-20(10-5-11-26-12-14-31-15-13-26)27-19-9-4-2-7-17(19)21(24(27)30)22-23(29)16-6-1-3-8-18(16)25-22/h1-4,6-9,30H,5,10-15H2. The molecule has 3 heterocycles. The monoisotopic (exact) mass is 417 g/mol. The fraction of sp³-hybridized carbons (Fsp3) is 0.292. The number of rotatable bonds is 5. The number of Topliss-reactive ketones (excluding diaryl/α,β-unsaturated/α-hetero) is 1. The van der Waals surface area contributed by atoms with Crippen LogP contribution in [0.2, 0.25) is 0 Å². The van der Waals surface area contributed by atoms with Gasteiger partial charge < -0.3 is 9.84 Å². The lowest BCUT2D eigenvalue weighted by Crippen LogP contribution is -2.37. The van der Waals surface area contributed by atoms with E-state index in [1.165, 1.54) is 4.57 Å². The van der Waals surface area contributed by atoms with E-state index < -0.39 is 0 Å². The number of nitrogens with zero attached hydrogens (tertiary/aromatic N) is 3. The lowest BCUT2D eigenvalue weighted by Gasteiger charge is -2.26. The van der Waals surface area contributed by atoms with Crippen LogP contribution in [0.15, 0.2) is 53.5 Å². The zero-order valence-corrected chi connectivity index (χ0v) is 17.1. The third-order valence-electron chi connectivity index (χ3n) is 5.90. The van der Waals surface area contributed by atoms with Crippen molar-refractivity contribution in [3.63, 3.8) is 0 Å². The van der Waals surface area contributed by atoms with Gasteiger partial charge in [-0.15, -0.1) is 0 Å². The van der Waals surface area contributed by atoms with Crippen LogP contribution >= 0.6 is 0 Å². The van der Waals surface area contributed by atoms with Crippen LogP contribution in [0.5, 0.6) is 5.88 Å². The number of hydrogen-bond acceptors (Lipinski definition) is 6. The molecule has 158 valence electrons. The average molecular weight is 417 g/mol. The second-order valence-corrected chi connectivity index (χ2v) is 7.81. The van der Waals surface area contributed by atoms with Gasteiger partial charge in [-0.3, -0.25) is 14.5 Å². The molecule has 0 saturated carbocycles. The molecule has 5 rings (SSSR count). The van der Waals surface area contributed by atoms with E-state index >= 15 is 0 Å². The maximum Gasteiger partial charge on any atom is 0.233 e. The molecule has 3 aromatic rings. The Labute approximate surface area is 179 Å². The zero-order chi connectivity index (χ0) is 21.4. The van der Waals surface area contributed by atoms with E-state index in [-0.39, 0.29) is 23.3 Å². The minimum atomic E-state index is -0.242. The van der Waals surface area contributed by atoms with Crippen molar-refractivity contribution in [3.05, 3.63) is 59.7 Å². The van der Waals surface area contributed by atoms with Crippen molar-refractivity contribution in [3.8, 4) is 5.88 Å². The highest BCUT2D eigenvalue weighted by Crippen LogP contribution is 2.37. The van der Waals surface area contributed by atoms with Crippen molar-refractivity contribution in [2.75, 3.05) is 32.8 Å². The summed E-state index contributed by atoms with van der Waals surface area (Å²) in [4.78, 5) is 32.8. The first-order valence-electron chi connectivity index (χ1n) is 10.5. The molecule has 1 N–H and O–H groups in total. The van der Waals surface area contributed by atoms with E-state index in [1.54, 1.807) is 30.3 Å². The summed E-state index contributed by atoms with van der Waals surface area (Å²) in [5, 5.41) is 11.7. The second kappa shape index (κ2) is 8.09. The van der Waals surface area contributed by atoms with Crippen molar-refractivity contribution in [1.29, 1.82) is 0 Å². The Bertz CT molecular complexity index is 1200. The van der Waals surface area contributed by atoms with Gasteiger partial charge in [-0.25, -0.2) is 9.56 Å². The molecule has 7 heteroatoms. The highest BCUT2D eigenvalue weighted by molar-refractivity contribution is 6.56. The molecular weight excluding hydrogens is 394 g/mol. The molecule has 0 spiro atoms. The number of carbonyl (C=O) groups excluding carboxylic acids is 2. The van der Waals surface area contributed by atoms with Crippen LogP contribution in [0.3, 0.4) is 0 Å². The van der Waals surface area contributed by atoms with Gasteiger partial charge in [0.05, 0.1) is 30.0 Å². The van der Waals surface area contributed by atoms with Crippen LogP contribution in [0, 0.1) is 0 Å². The van der Waals surface area contributed by atoms with E-state index in [4.69, 9.17) is 4.74 Å². The van der Waals surface area contributed by atoms with Crippen molar-refractivity contribution in [2.24, 2.45) is 4.99 Å². The van der Waals surface area contributed by atoms with Crippen molar-refractivity contribution >= 4 is 34.0 Å². The molecule has 2 aromatic carbocycles. The van der Waals surface area contributed by atoms with E-state index in [0.717, 1.165) is 32.8 Å². The minimum Gasteiger partial charge on any atom is -0.494 e. The first kappa shape index (κ1) is 19.7. The minimum absolute atomic E-state index is 0.176. The lowest BCUT2D eigenvalue weighted by atomic mass is 10.0. The molecule has 1 aromatic heterocycles. The van der Waals surface area contributed by atoms with Gasteiger partial charge in [-0.2, -0.15) is 0 Å². The molecule has 31 heavy (non-hydrogen) atoms. The van der Waals surface area contributed by atoms with Crippen LogP contribution in [0.4, 0.5) is 5.69 Å². The van der Waals surface area contributed by atoms with Gasteiger partial charge in [-0.1, -0.05) is 30.3 Å². The number of aromatic nitrogens is 1. The molecule has 0 amide bonds. The number of para-hydroxylation sites is 2. The second-order valence-electron chi connectivity index (χ2n) is 7.81. The number of hydrogen-bond donors (Lipinski definition) is 1. The van der Waals surface area contributed by atoms with Gasteiger partial charge in [0.2, 0.25) is 17.6 Å². The number of morpholine rings is 1. The fourth-order valence-electron chi connectivity index (χ4n) is 4.33. The third-order valence-corrected chi connectivity index (χ3v) is 5.90. The third kappa shape index (κ3) is 3.45. The van der Waals surface area contributed by atoms with Crippen LogP contribution < -0.4 is 0 Å². The van der Waals surface area contributed by atoms with Crippen LogP contribution in [0.25, 0.3) is 10.9 Å². The molecule has 0 atom stereocenters.